The lowest BCUT2D eigenvalue weighted by molar-refractivity contribution is 0.0518. The van der Waals surface area contributed by atoms with Crippen LogP contribution >= 0.6 is 0 Å². The van der Waals surface area contributed by atoms with Gasteiger partial charge in [-0.2, -0.15) is 0 Å². The second-order valence-corrected chi connectivity index (χ2v) is 6.40. The summed E-state index contributed by atoms with van der Waals surface area (Å²) in [5, 5.41) is 3.83. The van der Waals surface area contributed by atoms with Crippen molar-refractivity contribution in [2.75, 3.05) is 34.2 Å². The molecule has 0 aromatic heterocycles. The Morgan fingerprint density at radius 1 is 1.35 bits per heavy atom. The van der Waals surface area contributed by atoms with Gasteiger partial charge in [-0.15, -0.1) is 0 Å². The van der Waals surface area contributed by atoms with E-state index in [2.05, 4.69) is 43.2 Å². The van der Waals surface area contributed by atoms with Crippen LogP contribution in [-0.2, 0) is 0 Å². The minimum absolute atomic E-state index is 0.465. The molecule has 0 spiro atoms. The Morgan fingerprint density at radius 2 is 2.06 bits per heavy atom. The second-order valence-electron chi connectivity index (χ2n) is 6.40. The topological polar surface area (TPSA) is 18.5 Å². The van der Waals surface area contributed by atoms with Crippen molar-refractivity contribution in [3.63, 3.8) is 0 Å². The van der Waals surface area contributed by atoms with Crippen LogP contribution in [0.4, 0.5) is 0 Å². The maximum Gasteiger partial charge on any atom is 0.0328 e. The molecule has 2 atom stereocenters. The molecule has 0 amide bonds. The van der Waals surface area contributed by atoms with E-state index in [0.29, 0.717) is 5.54 Å². The van der Waals surface area contributed by atoms with Gasteiger partial charge in [-0.05, 0) is 66.7 Å². The molecular weight excluding hydrogens is 210 g/mol. The van der Waals surface area contributed by atoms with Crippen molar-refractivity contribution < 1.29 is 0 Å². The average Bonchev–Trinajstić information content (AvgIpc) is 2.21. The van der Waals surface area contributed by atoms with Crippen LogP contribution < -0.4 is 5.32 Å². The number of nitrogens with zero attached hydrogens (tertiary/aromatic N) is 2. The van der Waals surface area contributed by atoms with Gasteiger partial charge in [0.05, 0.1) is 0 Å². The Morgan fingerprint density at radius 3 is 2.53 bits per heavy atom. The van der Waals surface area contributed by atoms with E-state index in [-0.39, 0.29) is 0 Å². The first-order valence-corrected chi connectivity index (χ1v) is 7.14. The maximum absolute atomic E-state index is 3.83. The third-order valence-electron chi connectivity index (χ3n) is 5.16. The van der Waals surface area contributed by atoms with Crippen molar-refractivity contribution in [3.05, 3.63) is 0 Å². The van der Waals surface area contributed by atoms with Crippen molar-refractivity contribution >= 4 is 0 Å². The first-order chi connectivity index (χ1) is 8.03. The van der Waals surface area contributed by atoms with Crippen LogP contribution in [0.5, 0.6) is 0 Å². The van der Waals surface area contributed by atoms with E-state index in [1.165, 1.54) is 45.2 Å². The smallest absolute Gasteiger partial charge is 0.0328 e. The molecule has 1 saturated heterocycles. The minimum Gasteiger partial charge on any atom is -0.312 e. The number of rotatable bonds is 4. The van der Waals surface area contributed by atoms with Crippen molar-refractivity contribution in [2.24, 2.45) is 0 Å². The quantitative estimate of drug-likeness (QED) is 0.803. The summed E-state index contributed by atoms with van der Waals surface area (Å²) in [4.78, 5) is 4.91. The zero-order valence-corrected chi connectivity index (χ0v) is 12.0. The number of hydrogen-bond donors (Lipinski definition) is 1. The van der Waals surface area contributed by atoms with E-state index in [0.717, 1.165) is 12.1 Å². The van der Waals surface area contributed by atoms with Crippen molar-refractivity contribution in [3.8, 4) is 0 Å². The number of likely N-dealkylation sites (tertiary alicyclic amines) is 1. The molecule has 1 N–H and O–H groups in total. The summed E-state index contributed by atoms with van der Waals surface area (Å²) in [6, 6.07) is 1.47. The van der Waals surface area contributed by atoms with Crippen LogP contribution in [0.1, 0.15) is 39.0 Å². The summed E-state index contributed by atoms with van der Waals surface area (Å²) in [6.45, 7) is 4.77. The van der Waals surface area contributed by atoms with E-state index < -0.39 is 0 Å². The molecule has 2 fully saturated rings. The molecule has 17 heavy (non-hydrogen) atoms. The zero-order chi connectivity index (χ0) is 12.5. The standard InChI is InChI=1S/C14H29N3/c1-12-10-13(6-9-17(12)4)15-11-14(16(2)3)7-5-8-14/h12-13,15H,5-11H2,1-4H3. The van der Waals surface area contributed by atoms with Gasteiger partial charge in [0.1, 0.15) is 0 Å². The second kappa shape index (κ2) is 5.25. The highest BCUT2D eigenvalue weighted by atomic mass is 15.2. The highest BCUT2D eigenvalue weighted by Crippen LogP contribution is 2.35. The Labute approximate surface area is 107 Å². The summed E-state index contributed by atoms with van der Waals surface area (Å²) >= 11 is 0. The number of hydrogen-bond acceptors (Lipinski definition) is 3. The van der Waals surface area contributed by atoms with Crippen LogP contribution in [0.2, 0.25) is 0 Å². The summed E-state index contributed by atoms with van der Waals surface area (Å²) in [5.74, 6) is 0. The molecular formula is C14H29N3. The molecule has 1 saturated carbocycles. The molecule has 0 radical (unpaired) electrons. The fourth-order valence-corrected chi connectivity index (χ4v) is 3.18. The Kier molecular flexibility index (Phi) is 4.11. The van der Waals surface area contributed by atoms with Crippen molar-refractivity contribution in [1.29, 1.82) is 0 Å². The number of piperidine rings is 1. The predicted octanol–water partition coefficient (Wildman–Crippen LogP) is 1.54. The van der Waals surface area contributed by atoms with Crippen LogP contribution in [0, 0.1) is 0 Å². The molecule has 2 unspecified atom stereocenters. The first kappa shape index (κ1) is 13.3. The molecule has 3 nitrogen and oxygen atoms in total. The van der Waals surface area contributed by atoms with Crippen molar-refractivity contribution in [2.45, 2.75) is 56.7 Å². The fraction of sp³-hybridized carbons (Fsp3) is 1.00. The lowest BCUT2D eigenvalue weighted by Crippen LogP contribution is -2.58. The van der Waals surface area contributed by atoms with Gasteiger partial charge in [-0.3, -0.25) is 0 Å². The minimum atomic E-state index is 0.465. The first-order valence-electron chi connectivity index (χ1n) is 7.14. The highest BCUT2D eigenvalue weighted by Gasteiger charge is 2.39. The number of nitrogens with one attached hydrogen (secondary N) is 1. The number of likely N-dealkylation sites (N-methyl/N-ethyl adjacent to an activating group) is 1. The molecule has 1 heterocycles. The monoisotopic (exact) mass is 239 g/mol. The van der Waals surface area contributed by atoms with E-state index in [4.69, 9.17) is 0 Å². The molecule has 3 heteroatoms. The van der Waals surface area contributed by atoms with Gasteiger partial charge in [0.2, 0.25) is 0 Å². The van der Waals surface area contributed by atoms with E-state index >= 15 is 0 Å². The third-order valence-corrected chi connectivity index (χ3v) is 5.16. The molecule has 1 aliphatic heterocycles. The van der Waals surface area contributed by atoms with Gasteiger partial charge in [0.25, 0.3) is 0 Å². The van der Waals surface area contributed by atoms with Gasteiger partial charge in [-0.25, -0.2) is 0 Å². The van der Waals surface area contributed by atoms with Gasteiger partial charge in [-0.1, -0.05) is 0 Å². The molecule has 100 valence electrons. The van der Waals surface area contributed by atoms with Gasteiger partial charge in [0.15, 0.2) is 0 Å². The summed E-state index contributed by atoms with van der Waals surface area (Å²) in [5.41, 5.74) is 0.465. The third kappa shape index (κ3) is 2.83. The zero-order valence-electron chi connectivity index (χ0n) is 12.0. The maximum atomic E-state index is 3.83. The van der Waals surface area contributed by atoms with Gasteiger partial charge in [0, 0.05) is 24.2 Å². The Hall–Kier alpha value is -0.120. The van der Waals surface area contributed by atoms with E-state index in [1.54, 1.807) is 0 Å². The Bertz CT molecular complexity index is 248. The fourth-order valence-electron chi connectivity index (χ4n) is 3.18. The molecule has 0 aromatic rings. The van der Waals surface area contributed by atoms with E-state index in [1.807, 2.05) is 0 Å². The SMILES string of the molecule is CC1CC(NCC2(N(C)C)CCC2)CCN1C. The highest BCUT2D eigenvalue weighted by molar-refractivity contribution is 4.98. The average molecular weight is 239 g/mol. The van der Waals surface area contributed by atoms with E-state index in [9.17, 15) is 0 Å². The van der Waals surface area contributed by atoms with Crippen LogP contribution in [0.15, 0.2) is 0 Å². The molecule has 0 bridgehead atoms. The normalized spacial score (nSPS) is 33.7. The van der Waals surface area contributed by atoms with Crippen LogP contribution in [-0.4, -0.2) is 61.7 Å². The lowest BCUT2D eigenvalue weighted by atomic mass is 9.75. The molecule has 1 aliphatic carbocycles. The lowest BCUT2D eigenvalue weighted by Gasteiger charge is -2.48. The summed E-state index contributed by atoms with van der Waals surface area (Å²) in [7, 11) is 6.71. The Balaban J connectivity index is 1.78. The predicted molar refractivity (Wildman–Crippen MR) is 73.4 cm³/mol. The van der Waals surface area contributed by atoms with Crippen LogP contribution in [0.3, 0.4) is 0 Å². The van der Waals surface area contributed by atoms with Gasteiger partial charge < -0.3 is 15.1 Å². The molecule has 0 aromatic carbocycles. The van der Waals surface area contributed by atoms with Crippen LogP contribution in [0.25, 0.3) is 0 Å². The summed E-state index contributed by atoms with van der Waals surface area (Å²) in [6.07, 6.45) is 6.76. The van der Waals surface area contributed by atoms with Gasteiger partial charge >= 0.3 is 0 Å². The molecule has 2 aliphatic rings. The summed E-state index contributed by atoms with van der Waals surface area (Å²) < 4.78 is 0. The largest absolute Gasteiger partial charge is 0.312 e. The molecule has 2 rings (SSSR count). The van der Waals surface area contributed by atoms with Crippen molar-refractivity contribution in [1.82, 2.24) is 15.1 Å².